The lowest BCUT2D eigenvalue weighted by Gasteiger charge is -2.22. The number of aliphatic hydroxyl groups is 1. The van der Waals surface area contributed by atoms with Gasteiger partial charge in [-0.1, -0.05) is 0 Å². The maximum absolute atomic E-state index is 12.6. The Hall–Kier alpha value is -1.66. The molecule has 1 fully saturated rings. The molecule has 0 atom stereocenters. The van der Waals surface area contributed by atoms with Gasteiger partial charge >= 0.3 is 0 Å². The highest BCUT2D eigenvalue weighted by Crippen LogP contribution is 2.13. The minimum Gasteiger partial charge on any atom is -0.395 e. The number of anilines is 1. The van der Waals surface area contributed by atoms with Gasteiger partial charge in [0, 0.05) is 52.0 Å². The first kappa shape index (κ1) is 15.7. The Morgan fingerprint density at radius 2 is 2.14 bits per heavy atom. The summed E-state index contributed by atoms with van der Waals surface area (Å²) >= 11 is 0. The van der Waals surface area contributed by atoms with E-state index in [-0.39, 0.29) is 12.5 Å². The number of carbonyl (C=O) groups excluding carboxylic acids is 1. The molecule has 0 unspecified atom stereocenters. The molecular formula is C15H24N4O2. The predicted octanol–water partition coefficient (Wildman–Crippen LogP) is 0.288. The van der Waals surface area contributed by atoms with E-state index in [0.717, 1.165) is 31.9 Å². The molecule has 0 spiro atoms. The van der Waals surface area contributed by atoms with Crippen LogP contribution in [0.4, 0.5) is 5.82 Å². The maximum Gasteiger partial charge on any atom is 0.254 e. The number of hydrogen-bond acceptors (Lipinski definition) is 5. The van der Waals surface area contributed by atoms with Crippen molar-refractivity contribution in [3.8, 4) is 0 Å². The number of rotatable bonds is 4. The van der Waals surface area contributed by atoms with E-state index in [4.69, 9.17) is 5.11 Å². The predicted molar refractivity (Wildman–Crippen MR) is 82.6 cm³/mol. The molecule has 1 aliphatic heterocycles. The van der Waals surface area contributed by atoms with E-state index in [2.05, 4.69) is 9.88 Å². The SMILES string of the molecule is CN(C)c1cc(C(=O)N2CCCN(CCO)CC2)ccn1. The van der Waals surface area contributed by atoms with Gasteiger partial charge in [0.25, 0.3) is 5.91 Å². The molecule has 2 rings (SSSR count). The largest absolute Gasteiger partial charge is 0.395 e. The molecule has 0 aliphatic carbocycles. The number of hydrogen-bond donors (Lipinski definition) is 1. The average Bonchev–Trinajstić information content (AvgIpc) is 2.73. The molecule has 116 valence electrons. The molecule has 6 nitrogen and oxygen atoms in total. The van der Waals surface area contributed by atoms with Crippen molar-refractivity contribution in [3.05, 3.63) is 23.9 Å². The van der Waals surface area contributed by atoms with Crippen LogP contribution in [0.1, 0.15) is 16.8 Å². The Balaban J connectivity index is 2.04. The molecule has 6 heteroatoms. The van der Waals surface area contributed by atoms with Crippen molar-refractivity contribution in [2.24, 2.45) is 0 Å². The van der Waals surface area contributed by atoms with Gasteiger partial charge in [0.05, 0.1) is 6.61 Å². The van der Waals surface area contributed by atoms with E-state index in [0.29, 0.717) is 18.7 Å². The Morgan fingerprint density at radius 3 is 2.86 bits per heavy atom. The number of nitrogens with zero attached hydrogens (tertiary/aromatic N) is 4. The second kappa shape index (κ2) is 7.38. The highest BCUT2D eigenvalue weighted by molar-refractivity contribution is 5.94. The van der Waals surface area contributed by atoms with Gasteiger partial charge in [-0.15, -0.1) is 0 Å². The molecule has 0 saturated carbocycles. The summed E-state index contributed by atoms with van der Waals surface area (Å²) in [4.78, 5) is 22.8. The van der Waals surface area contributed by atoms with Crippen molar-refractivity contribution in [3.63, 3.8) is 0 Å². The standard InChI is InChI=1S/C15H24N4O2/c1-17(2)14-12-13(4-5-16-14)15(21)19-7-3-6-18(8-9-19)10-11-20/h4-5,12,20H,3,6-11H2,1-2H3. The Bertz CT molecular complexity index is 478. The average molecular weight is 292 g/mol. The monoisotopic (exact) mass is 292 g/mol. The van der Waals surface area contributed by atoms with Crippen LogP contribution in [-0.2, 0) is 0 Å². The topological polar surface area (TPSA) is 59.9 Å². The molecule has 0 aromatic carbocycles. The van der Waals surface area contributed by atoms with Gasteiger partial charge in [-0.25, -0.2) is 4.98 Å². The van der Waals surface area contributed by atoms with Crippen LogP contribution in [0.5, 0.6) is 0 Å². The minimum atomic E-state index is 0.0614. The van der Waals surface area contributed by atoms with Gasteiger partial charge in [0.15, 0.2) is 0 Å². The van der Waals surface area contributed by atoms with E-state index in [1.807, 2.05) is 30.0 Å². The Labute approximate surface area is 126 Å². The van der Waals surface area contributed by atoms with E-state index in [1.54, 1.807) is 12.3 Å². The Kier molecular flexibility index (Phi) is 5.52. The zero-order valence-electron chi connectivity index (χ0n) is 12.8. The fourth-order valence-corrected chi connectivity index (χ4v) is 2.52. The first-order valence-electron chi connectivity index (χ1n) is 7.37. The van der Waals surface area contributed by atoms with Crippen LogP contribution in [0.15, 0.2) is 18.3 Å². The molecule has 1 aromatic rings. The third kappa shape index (κ3) is 4.15. The first-order chi connectivity index (χ1) is 10.1. The molecule has 2 heterocycles. The number of pyridine rings is 1. The smallest absolute Gasteiger partial charge is 0.254 e. The van der Waals surface area contributed by atoms with Gasteiger partial charge in [-0.2, -0.15) is 0 Å². The molecule has 1 saturated heterocycles. The molecule has 1 amide bonds. The summed E-state index contributed by atoms with van der Waals surface area (Å²) in [6.07, 6.45) is 2.62. The van der Waals surface area contributed by atoms with Crippen LogP contribution in [0.3, 0.4) is 0 Å². The van der Waals surface area contributed by atoms with Gasteiger partial charge < -0.3 is 14.9 Å². The first-order valence-corrected chi connectivity index (χ1v) is 7.37. The minimum absolute atomic E-state index is 0.0614. The van der Waals surface area contributed by atoms with Gasteiger partial charge in [0.2, 0.25) is 0 Å². The molecular weight excluding hydrogens is 268 g/mol. The molecule has 0 radical (unpaired) electrons. The van der Waals surface area contributed by atoms with Crippen molar-refractivity contribution in [1.29, 1.82) is 0 Å². The van der Waals surface area contributed by atoms with E-state index in [9.17, 15) is 4.79 Å². The zero-order valence-corrected chi connectivity index (χ0v) is 12.8. The second-order valence-electron chi connectivity index (χ2n) is 5.51. The van der Waals surface area contributed by atoms with Crippen molar-refractivity contribution in [2.45, 2.75) is 6.42 Å². The van der Waals surface area contributed by atoms with Crippen LogP contribution in [0.25, 0.3) is 0 Å². The summed E-state index contributed by atoms with van der Waals surface area (Å²) < 4.78 is 0. The van der Waals surface area contributed by atoms with Crippen LogP contribution < -0.4 is 4.90 Å². The molecule has 1 N–H and O–H groups in total. The highest BCUT2D eigenvalue weighted by atomic mass is 16.3. The van der Waals surface area contributed by atoms with Crippen LogP contribution in [0, 0.1) is 0 Å². The quantitative estimate of drug-likeness (QED) is 0.864. The third-order valence-electron chi connectivity index (χ3n) is 3.74. The fraction of sp³-hybridized carbons (Fsp3) is 0.600. The molecule has 0 bridgehead atoms. The fourth-order valence-electron chi connectivity index (χ4n) is 2.52. The molecule has 21 heavy (non-hydrogen) atoms. The summed E-state index contributed by atoms with van der Waals surface area (Å²) in [5.74, 6) is 0.851. The lowest BCUT2D eigenvalue weighted by molar-refractivity contribution is 0.0760. The molecule has 1 aromatic heterocycles. The van der Waals surface area contributed by atoms with E-state index < -0.39 is 0 Å². The van der Waals surface area contributed by atoms with Crippen LogP contribution in [0.2, 0.25) is 0 Å². The summed E-state index contributed by atoms with van der Waals surface area (Å²) in [6.45, 7) is 4.08. The number of amides is 1. The summed E-state index contributed by atoms with van der Waals surface area (Å²) in [7, 11) is 3.82. The van der Waals surface area contributed by atoms with E-state index >= 15 is 0 Å². The summed E-state index contributed by atoms with van der Waals surface area (Å²) in [6, 6.07) is 3.60. The van der Waals surface area contributed by atoms with Crippen LogP contribution in [-0.4, -0.2) is 79.2 Å². The number of carbonyl (C=O) groups is 1. The number of aliphatic hydroxyl groups excluding tert-OH is 1. The van der Waals surface area contributed by atoms with Gasteiger partial charge in [-0.3, -0.25) is 9.69 Å². The zero-order chi connectivity index (χ0) is 15.2. The molecule has 1 aliphatic rings. The summed E-state index contributed by atoms with van der Waals surface area (Å²) in [5, 5.41) is 9.01. The van der Waals surface area contributed by atoms with Crippen molar-refractivity contribution in [2.75, 3.05) is 58.3 Å². The van der Waals surface area contributed by atoms with E-state index in [1.165, 1.54) is 0 Å². The van der Waals surface area contributed by atoms with Crippen LogP contribution >= 0.6 is 0 Å². The maximum atomic E-state index is 12.6. The van der Waals surface area contributed by atoms with Gasteiger partial charge in [0.1, 0.15) is 5.82 Å². The lowest BCUT2D eigenvalue weighted by atomic mass is 10.2. The van der Waals surface area contributed by atoms with Crippen molar-refractivity contribution >= 4 is 11.7 Å². The van der Waals surface area contributed by atoms with Crippen molar-refractivity contribution in [1.82, 2.24) is 14.8 Å². The second-order valence-corrected chi connectivity index (χ2v) is 5.51. The van der Waals surface area contributed by atoms with Gasteiger partial charge in [-0.05, 0) is 25.1 Å². The summed E-state index contributed by atoms with van der Waals surface area (Å²) in [5.41, 5.74) is 0.685. The Morgan fingerprint density at radius 1 is 1.33 bits per heavy atom. The highest BCUT2D eigenvalue weighted by Gasteiger charge is 2.20. The van der Waals surface area contributed by atoms with Crippen molar-refractivity contribution < 1.29 is 9.90 Å². The lowest BCUT2D eigenvalue weighted by Crippen LogP contribution is -2.36. The third-order valence-corrected chi connectivity index (χ3v) is 3.74. The number of aromatic nitrogens is 1. The normalized spacial score (nSPS) is 16.6. The number of β-amino-alcohol motifs (C(OH)–C–C–N with tert-alkyl or cyclic N) is 1.